The maximum Gasteiger partial charge on any atom is 0.250 e. The molecule has 5 nitrogen and oxygen atoms in total. The topological polar surface area (TPSA) is 56.7 Å². The van der Waals surface area contributed by atoms with Crippen LogP contribution in [0, 0.1) is 0 Å². The van der Waals surface area contributed by atoms with Gasteiger partial charge in [0.2, 0.25) is 5.89 Å². The number of halogens is 1. The van der Waals surface area contributed by atoms with Gasteiger partial charge in [-0.15, -0.1) is 10.2 Å². The number of aromatic nitrogens is 4. The minimum Gasteiger partial charge on any atom is -0.420 e. The van der Waals surface area contributed by atoms with Gasteiger partial charge in [-0.2, -0.15) is 5.10 Å². The van der Waals surface area contributed by atoms with E-state index in [2.05, 4.69) is 15.3 Å². The lowest BCUT2D eigenvalue weighted by molar-refractivity contribution is 0.518. The Morgan fingerprint density at radius 1 is 1.21 bits per heavy atom. The maximum atomic E-state index is 5.84. The first-order valence-corrected chi connectivity index (χ1v) is 6.14. The minimum atomic E-state index is 0.483. The van der Waals surface area contributed by atoms with Crippen molar-refractivity contribution in [3.8, 4) is 11.5 Å². The predicted octanol–water partition coefficient (Wildman–Crippen LogP) is 2.71. The lowest BCUT2D eigenvalue weighted by atomic mass is 10.1. The second-order valence-corrected chi connectivity index (χ2v) is 4.64. The molecule has 0 fully saturated rings. The van der Waals surface area contributed by atoms with E-state index in [9.17, 15) is 0 Å². The Morgan fingerprint density at radius 3 is 2.68 bits per heavy atom. The smallest absolute Gasteiger partial charge is 0.250 e. The lowest BCUT2D eigenvalue weighted by Crippen LogP contribution is -1.87. The van der Waals surface area contributed by atoms with Gasteiger partial charge < -0.3 is 4.42 Å². The van der Waals surface area contributed by atoms with E-state index in [1.54, 1.807) is 10.9 Å². The summed E-state index contributed by atoms with van der Waals surface area (Å²) in [6.45, 7) is 0. The Labute approximate surface area is 114 Å². The molecule has 1 aromatic carbocycles. The summed E-state index contributed by atoms with van der Waals surface area (Å²) in [5.41, 5.74) is 1.89. The van der Waals surface area contributed by atoms with Crippen LogP contribution in [-0.4, -0.2) is 20.0 Å². The highest BCUT2D eigenvalue weighted by atomic mass is 35.5. The van der Waals surface area contributed by atoms with Crippen LogP contribution in [0.25, 0.3) is 11.5 Å². The first-order chi connectivity index (χ1) is 9.20. The maximum absolute atomic E-state index is 5.84. The van der Waals surface area contributed by atoms with Crippen molar-refractivity contribution >= 4 is 11.6 Å². The van der Waals surface area contributed by atoms with Crippen molar-refractivity contribution < 1.29 is 4.42 Å². The summed E-state index contributed by atoms with van der Waals surface area (Å²) < 4.78 is 7.30. The summed E-state index contributed by atoms with van der Waals surface area (Å²) in [6, 6.07) is 7.57. The van der Waals surface area contributed by atoms with Crippen LogP contribution in [-0.2, 0) is 13.5 Å². The normalized spacial score (nSPS) is 10.8. The fourth-order valence-electron chi connectivity index (χ4n) is 1.75. The molecule has 3 rings (SSSR count). The largest absolute Gasteiger partial charge is 0.420 e. The monoisotopic (exact) mass is 274 g/mol. The van der Waals surface area contributed by atoms with Crippen LogP contribution in [0.5, 0.6) is 0 Å². The van der Waals surface area contributed by atoms with Gasteiger partial charge in [0.1, 0.15) is 0 Å². The number of hydrogen-bond donors (Lipinski definition) is 0. The molecule has 0 N–H and O–H groups in total. The molecule has 19 heavy (non-hydrogen) atoms. The SMILES string of the molecule is Cn1cc(-c2nnc(Cc3ccc(Cl)cc3)o2)cn1. The zero-order valence-corrected chi connectivity index (χ0v) is 11.0. The van der Waals surface area contributed by atoms with E-state index in [1.807, 2.05) is 37.5 Å². The first-order valence-electron chi connectivity index (χ1n) is 5.76. The van der Waals surface area contributed by atoms with Crippen molar-refractivity contribution in [1.82, 2.24) is 20.0 Å². The number of aryl methyl sites for hydroxylation is 1. The third kappa shape index (κ3) is 2.66. The van der Waals surface area contributed by atoms with Crippen molar-refractivity contribution in [2.75, 3.05) is 0 Å². The summed E-state index contributed by atoms with van der Waals surface area (Å²) in [5, 5.41) is 12.8. The molecule has 0 aliphatic heterocycles. The van der Waals surface area contributed by atoms with E-state index in [0.717, 1.165) is 11.1 Å². The zero-order chi connectivity index (χ0) is 13.2. The van der Waals surface area contributed by atoms with Gasteiger partial charge in [-0.1, -0.05) is 23.7 Å². The summed E-state index contributed by atoms with van der Waals surface area (Å²) in [6.07, 6.45) is 4.11. The Bertz CT molecular complexity index is 687. The van der Waals surface area contributed by atoms with Gasteiger partial charge in [-0.3, -0.25) is 4.68 Å². The molecule has 0 aliphatic rings. The minimum absolute atomic E-state index is 0.483. The third-order valence-corrected chi connectivity index (χ3v) is 2.94. The molecular formula is C13H11ClN4O. The van der Waals surface area contributed by atoms with E-state index in [0.29, 0.717) is 23.2 Å². The lowest BCUT2D eigenvalue weighted by Gasteiger charge is -1.96. The molecule has 0 radical (unpaired) electrons. The Kier molecular flexibility index (Phi) is 3.05. The molecule has 0 amide bonds. The van der Waals surface area contributed by atoms with E-state index >= 15 is 0 Å². The molecular weight excluding hydrogens is 264 g/mol. The van der Waals surface area contributed by atoms with Gasteiger partial charge >= 0.3 is 0 Å². The first kappa shape index (κ1) is 11.9. The molecule has 0 unspecified atom stereocenters. The van der Waals surface area contributed by atoms with E-state index < -0.39 is 0 Å². The van der Waals surface area contributed by atoms with E-state index in [-0.39, 0.29) is 0 Å². The highest BCUT2D eigenvalue weighted by molar-refractivity contribution is 6.30. The summed E-state index contributed by atoms with van der Waals surface area (Å²) in [5.74, 6) is 1.05. The fraction of sp³-hybridized carbons (Fsp3) is 0.154. The molecule has 0 bridgehead atoms. The van der Waals surface area contributed by atoms with E-state index in [1.165, 1.54) is 0 Å². The highest BCUT2D eigenvalue weighted by Gasteiger charge is 2.10. The third-order valence-electron chi connectivity index (χ3n) is 2.69. The highest BCUT2D eigenvalue weighted by Crippen LogP contribution is 2.18. The van der Waals surface area contributed by atoms with Crippen LogP contribution in [0.4, 0.5) is 0 Å². The number of hydrogen-bond acceptors (Lipinski definition) is 4. The van der Waals surface area contributed by atoms with Gasteiger partial charge in [-0.05, 0) is 17.7 Å². The van der Waals surface area contributed by atoms with Crippen molar-refractivity contribution in [2.45, 2.75) is 6.42 Å². The zero-order valence-electron chi connectivity index (χ0n) is 10.2. The van der Waals surface area contributed by atoms with Crippen LogP contribution >= 0.6 is 11.6 Å². The van der Waals surface area contributed by atoms with Crippen LogP contribution in [0.3, 0.4) is 0 Å². The molecule has 96 valence electrons. The Hall–Kier alpha value is -2.14. The van der Waals surface area contributed by atoms with Crippen LogP contribution < -0.4 is 0 Å². The molecule has 0 spiro atoms. The van der Waals surface area contributed by atoms with Gasteiger partial charge in [0, 0.05) is 18.3 Å². The van der Waals surface area contributed by atoms with Gasteiger partial charge in [0.15, 0.2) is 0 Å². The Morgan fingerprint density at radius 2 is 2.00 bits per heavy atom. The second-order valence-electron chi connectivity index (χ2n) is 4.21. The fourth-order valence-corrected chi connectivity index (χ4v) is 1.88. The molecule has 0 atom stereocenters. The van der Waals surface area contributed by atoms with Gasteiger partial charge in [0.05, 0.1) is 18.2 Å². The molecule has 3 aromatic rings. The quantitative estimate of drug-likeness (QED) is 0.737. The second kappa shape index (κ2) is 4.85. The van der Waals surface area contributed by atoms with Crippen LogP contribution in [0.1, 0.15) is 11.5 Å². The van der Waals surface area contributed by atoms with Crippen molar-refractivity contribution in [3.63, 3.8) is 0 Å². The van der Waals surface area contributed by atoms with Crippen LogP contribution in [0.2, 0.25) is 5.02 Å². The van der Waals surface area contributed by atoms with Crippen molar-refractivity contribution in [1.29, 1.82) is 0 Å². The standard InChI is InChI=1S/C13H11ClN4O/c1-18-8-10(7-15-18)13-17-16-12(19-13)6-9-2-4-11(14)5-3-9/h2-5,7-8H,6H2,1H3. The average molecular weight is 275 g/mol. The summed E-state index contributed by atoms with van der Waals surface area (Å²) in [7, 11) is 1.84. The van der Waals surface area contributed by atoms with E-state index in [4.69, 9.17) is 16.0 Å². The Balaban J connectivity index is 1.80. The number of rotatable bonds is 3. The van der Waals surface area contributed by atoms with Crippen molar-refractivity contribution in [3.05, 3.63) is 53.1 Å². The molecule has 0 aliphatic carbocycles. The number of nitrogens with zero attached hydrogens (tertiary/aromatic N) is 4. The molecule has 6 heteroatoms. The predicted molar refractivity (Wildman–Crippen MR) is 70.8 cm³/mol. The molecule has 0 saturated heterocycles. The molecule has 0 saturated carbocycles. The molecule has 2 aromatic heterocycles. The van der Waals surface area contributed by atoms with Crippen molar-refractivity contribution in [2.24, 2.45) is 7.05 Å². The number of benzene rings is 1. The van der Waals surface area contributed by atoms with Gasteiger partial charge in [-0.25, -0.2) is 0 Å². The van der Waals surface area contributed by atoms with Gasteiger partial charge in [0.25, 0.3) is 5.89 Å². The van der Waals surface area contributed by atoms with Crippen LogP contribution in [0.15, 0.2) is 41.1 Å². The molecule has 2 heterocycles. The average Bonchev–Trinajstić information content (AvgIpc) is 3.01. The summed E-state index contributed by atoms with van der Waals surface area (Å²) in [4.78, 5) is 0. The summed E-state index contributed by atoms with van der Waals surface area (Å²) >= 11 is 5.84.